The van der Waals surface area contributed by atoms with Crippen molar-refractivity contribution < 1.29 is 9.21 Å². The Labute approximate surface area is 94.8 Å². The Balaban J connectivity index is 2.40. The van der Waals surface area contributed by atoms with Gasteiger partial charge in [0, 0.05) is 18.3 Å². The van der Waals surface area contributed by atoms with E-state index in [0.717, 1.165) is 18.6 Å². The average molecular weight is 230 g/mol. The fraction of sp³-hybridized carbons (Fsp3) is 0.545. The maximum absolute atomic E-state index is 11.5. The number of hydrogen-bond acceptors (Lipinski definition) is 2. The predicted molar refractivity (Wildman–Crippen MR) is 60.4 cm³/mol. The number of alkyl halides is 1. The maximum Gasteiger partial charge on any atom is 0.286 e. The minimum absolute atomic E-state index is 0.0769. The van der Waals surface area contributed by atoms with Crippen LogP contribution in [0.1, 0.15) is 36.6 Å². The van der Waals surface area contributed by atoms with E-state index in [1.165, 1.54) is 0 Å². The number of carbonyl (C=O) groups excluding carboxylic acids is 1. The van der Waals surface area contributed by atoms with Crippen molar-refractivity contribution in [3.8, 4) is 0 Å². The van der Waals surface area contributed by atoms with Crippen molar-refractivity contribution in [2.24, 2.45) is 0 Å². The van der Waals surface area contributed by atoms with Gasteiger partial charge in [-0.3, -0.25) is 4.79 Å². The van der Waals surface area contributed by atoms with Crippen molar-refractivity contribution in [3.05, 3.63) is 23.7 Å². The maximum atomic E-state index is 11.5. The van der Waals surface area contributed by atoms with E-state index in [-0.39, 0.29) is 11.3 Å². The van der Waals surface area contributed by atoms with Gasteiger partial charge >= 0.3 is 0 Å². The lowest BCUT2D eigenvalue weighted by Gasteiger charge is -2.03. The van der Waals surface area contributed by atoms with Gasteiger partial charge in [-0.15, -0.1) is 11.6 Å². The zero-order valence-corrected chi connectivity index (χ0v) is 9.80. The highest BCUT2D eigenvalue weighted by atomic mass is 35.5. The second-order valence-corrected chi connectivity index (χ2v) is 4.19. The van der Waals surface area contributed by atoms with E-state index in [0.29, 0.717) is 12.3 Å². The summed E-state index contributed by atoms with van der Waals surface area (Å²) in [5, 5.41) is 2.83. The molecule has 1 amide bonds. The first-order chi connectivity index (χ1) is 7.13. The normalized spacial score (nSPS) is 12.5. The van der Waals surface area contributed by atoms with Crippen LogP contribution in [0.2, 0.25) is 0 Å². The van der Waals surface area contributed by atoms with Crippen molar-refractivity contribution in [1.29, 1.82) is 0 Å². The Morgan fingerprint density at radius 1 is 1.60 bits per heavy atom. The summed E-state index contributed by atoms with van der Waals surface area (Å²) in [7, 11) is 0. The quantitative estimate of drug-likeness (QED) is 0.789. The predicted octanol–water partition coefficient (Wildman–Crippen LogP) is 2.59. The molecule has 84 valence electrons. The highest BCUT2D eigenvalue weighted by Gasteiger charge is 2.09. The van der Waals surface area contributed by atoms with Gasteiger partial charge in [0.15, 0.2) is 5.76 Å². The SMILES string of the molecule is CCc1ccc(C(=O)NCCC(C)Cl)o1. The van der Waals surface area contributed by atoms with Crippen LogP contribution in [-0.4, -0.2) is 17.8 Å². The van der Waals surface area contributed by atoms with E-state index in [2.05, 4.69) is 5.32 Å². The Bertz CT molecular complexity index is 320. The molecule has 0 aliphatic carbocycles. The molecule has 15 heavy (non-hydrogen) atoms. The first-order valence-corrected chi connectivity index (χ1v) is 5.58. The van der Waals surface area contributed by atoms with Crippen LogP contribution in [0.4, 0.5) is 0 Å². The zero-order chi connectivity index (χ0) is 11.3. The minimum atomic E-state index is -0.174. The summed E-state index contributed by atoms with van der Waals surface area (Å²) in [4.78, 5) is 11.5. The molecule has 3 nitrogen and oxygen atoms in total. The third kappa shape index (κ3) is 3.96. The van der Waals surface area contributed by atoms with Gasteiger partial charge in [0.25, 0.3) is 5.91 Å². The second kappa shape index (κ2) is 5.81. The molecule has 1 aromatic heterocycles. The van der Waals surface area contributed by atoms with Crippen molar-refractivity contribution in [2.75, 3.05) is 6.54 Å². The van der Waals surface area contributed by atoms with Crippen LogP contribution in [0.15, 0.2) is 16.5 Å². The molecular weight excluding hydrogens is 214 g/mol. The second-order valence-electron chi connectivity index (χ2n) is 3.44. The summed E-state index contributed by atoms with van der Waals surface area (Å²) >= 11 is 5.76. The number of nitrogens with one attached hydrogen (secondary N) is 1. The lowest BCUT2D eigenvalue weighted by atomic mass is 10.3. The van der Waals surface area contributed by atoms with Gasteiger partial charge in [0.1, 0.15) is 5.76 Å². The molecule has 0 spiro atoms. The van der Waals surface area contributed by atoms with Crippen LogP contribution in [0.3, 0.4) is 0 Å². The van der Waals surface area contributed by atoms with Crippen molar-refractivity contribution >= 4 is 17.5 Å². The van der Waals surface area contributed by atoms with Gasteiger partial charge in [-0.1, -0.05) is 6.92 Å². The number of aryl methyl sites for hydroxylation is 1. The van der Waals surface area contributed by atoms with Crippen LogP contribution in [0.25, 0.3) is 0 Å². The molecule has 0 aliphatic heterocycles. The van der Waals surface area contributed by atoms with E-state index >= 15 is 0 Å². The fourth-order valence-corrected chi connectivity index (χ4v) is 1.27. The Hall–Kier alpha value is -0.960. The van der Waals surface area contributed by atoms with Crippen molar-refractivity contribution in [3.63, 3.8) is 0 Å². The Morgan fingerprint density at radius 3 is 2.87 bits per heavy atom. The van der Waals surface area contributed by atoms with Gasteiger partial charge < -0.3 is 9.73 Å². The molecule has 1 aromatic rings. The Morgan fingerprint density at radius 2 is 2.33 bits per heavy atom. The standard InChI is InChI=1S/C11H16ClNO2/c1-3-9-4-5-10(15-9)11(14)13-7-6-8(2)12/h4-5,8H,3,6-7H2,1-2H3,(H,13,14). The first-order valence-electron chi connectivity index (χ1n) is 5.14. The molecule has 1 rings (SSSR count). The van der Waals surface area contributed by atoms with Crippen LogP contribution in [0, 0.1) is 0 Å². The van der Waals surface area contributed by atoms with Gasteiger partial charge in [0.2, 0.25) is 0 Å². The molecule has 0 aliphatic rings. The van der Waals surface area contributed by atoms with Crippen LogP contribution >= 0.6 is 11.6 Å². The summed E-state index contributed by atoms with van der Waals surface area (Å²) in [6.45, 7) is 4.46. The summed E-state index contributed by atoms with van der Waals surface area (Å²) in [6.07, 6.45) is 1.56. The average Bonchev–Trinajstić information content (AvgIpc) is 2.65. The van der Waals surface area contributed by atoms with Crippen LogP contribution in [-0.2, 0) is 6.42 Å². The number of rotatable bonds is 5. The summed E-state index contributed by atoms with van der Waals surface area (Å²) in [6, 6.07) is 3.51. The van der Waals surface area contributed by atoms with E-state index in [1.54, 1.807) is 6.07 Å². The minimum Gasteiger partial charge on any atom is -0.456 e. The first kappa shape index (κ1) is 12.1. The smallest absolute Gasteiger partial charge is 0.286 e. The summed E-state index contributed by atoms with van der Waals surface area (Å²) in [5.41, 5.74) is 0. The highest BCUT2D eigenvalue weighted by molar-refractivity contribution is 6.20. The molecule has 1 unspecified atom stereocenters. The van der Waals surface area contributed by atoms with Gasteiger partial charge in [-0.05, 0) is 25.5 Å². The lowest BCUT2D eigenvalue weighted by molar-refractivity contribution is 0.0924. The largest absolute Gasteiger partial charge is 0.456 e. The van der Waals surface area contributed by atoms with Gasteiger partial charge in [-0.2, -0.15) is 0 Å². The molecule has 1 heterocycles. The zero-order valence-electron chi connectivity index (χ0n) is 9.05. The van der Waals surface area contributed by atoms with Crippen LogP contribution < -0.4 is 5.32 Å². The molecule has 4 heteroatoms. The molecule has 0 saturated carbocycles. The van der Waals surface area contributed by atoms with Crippen molar-refractivity contribution in [1.82, 2.24) is 5.32 Å². The van der Waals surface area contributed by atoms with E-state index in [9.17, 15) is 4.79 Å². The highest BCUT2D eigenvalue weighted by Crippen LogP contribution is 2.08. The fourth-order valence-electron chi connectivity index (χ4n) is 1.16. The molecule has 0 fully saturated rings. The third-order valence-corrected chi connectivity index (χ3v) is 2.28. The summed E-state index contributed by atoms with van der Waals surface area (Å²) < 4.78 is 5.31. The molecule has 0 radical (unpaired) electrons. The van der Waals surface area contributed by atoms with E-state index in [4.69, 9.17) is 16.0 Å². The van der Waals surface area contributed by atoms with E-state index < -0.39 is 0 Å². The van der Waals surface area contributed by atoms with E-state index in [1.807, 2.05) is 19.9 Å². The Kier molecular flexibility index (Phi) is 4.69. The topological polar surface area (TPSA) is 42.2 Å². The molecule has 0 bridgehead atoms. The molecule has 1 N–H and O–H groups in total. The van der Waals surface area contributed by atoms with Crippen molar-refractivity contribution in [2.45, 2.75) is 32.1 Å². The molecule has 0 aromatic carbocycles. The number of halogens is 1. The summed E-state index contributed by atoms with van der Waals surface area (Å²) in [5.74, 6) is 1.02. The number of carbonyl (C=O) groups is 1. The molecule has 1 atom stereocenters. The number of hydrogen-bond donors (Lipinski definition) is 1. The third-order valence-electron chi connectivity index (χ3n) is 2.06. The number of furan rings is 1. The van der Waals surface area contributed by atoms with Gasteiger partial charge in [0.05, 0.1) is 0 Å². The van der Waals surface area contributed by atoms with Gasteiger partial charge in [-0.25, -0.2) is 0 Å². The molecular formula is C11H16ClNO2. The van der Waals surface area contributed by atoms with Crippen LogP contribution in [0.5, 0.6) is 0 Å². The molecule has 0 saturated heterocycles. The number of amides is 1. The monoisotopic (exact) mass is 229 g/mol. The lowest BCUT2D eigenvalue weighted by Crippen LogP contribution is -2.25.